The number of carbonyl (C=O) groups is 2. The van der Waals surface area contributed by atoms with Crippen LogP contribution in [0, 0.1) is 0 Å². The van der Waals surface area contributed by atoms with Crippen molar-refractivity contribution in [1.82, 2.24) is 10.2 Å². The van der Waals surface area contributed by atoms with Gasteiger partial charge in [-0.05, 0) is 49.5 Å². The molecule has 0 aliphatic heterocycles. The number of nitrogens with zero attached hydrogens (tertiary/aromatic N) is 1. The molecule has 3 aromatic rings. The first-order chi connectivity index (χ1) is 14.0. The Morgan fingerprint density at radius 3 is 2.31 bits per heavy atom. The lowest BCUT2D eigenvalue weighted by Gasteiger charge is -2.12. The minimum atomic E-state index is -0.213. The van der Waals surface area contributed by atoms with Crippen LogP contribution in [-0.2, 0) is 0 Å². The van der Waals surface area contributed by atoms with Crippen molar-refractivity contribution in [2.75, 3.05) is 32.5 Å². The van der Waals surface area contributed by atoms with Crippen LogP contribution in [0.15, 0.2) is 78.9 Å². The Morgan fingerprint density at radius 1 is 0.828 bits per heavy atom. The molecule has 0 spiro atoms. The van der Waals surface area contributed by atoms with Gasteiger partial charge >= 0.3 is 0 Å². The second-order valence-electron chi connectivity index (χ2n) is 7.01. The lowest BCUT2D eigenvalue weighted by atomic mass is 9.99. The number of nitrogens with one attached hydrogen (secondary N) is 2. The summed E-state index contributed by atoms with van der Waals surface area (Å²) in [6.45, 7) is 1.32. The minimum Gasteiger partial charge on any atom is -0.351 e. The highest BCUT2D eigenvalue weighted by Crippen LogP contribution is 2.24. The summed E-state index contributed by atoms with van der Waals surface area (Å²) in [6.07, 6.45) is 0. The van der Waals surface area contributed by atoms with Crippen LogP contribution in [-0.4, -0.2) is 43.9 Å². The van der Waals surface area contributed by atoms with Crippen LogP contribution < -0.4 is 10.6 Å². The van der Waals surface area contributed by atoms with Crippen LogP contribution in [0.25, 0.3) is 11.1 Å². The van der Waals surface area contributed by atoms with Gasteiger partial charge in [-0.3, -0.25) is 9.59 Å². The first kappa shape index (κ1) is 20.3. The molecule has 0 fully saturated rings. The summed E-state index contributed by atoms with van der Waals surface area (Å²) in [5.74, 6) is -0.373. The van der Waals surface area contributed by atoms with Crippen molar-refractivity contribution in [2.45, 2.75) is 0 Å². The highest BCUT2D eigenvalue weighted by molar-refractivity contribution is 6.09. The maximum atomic E-state index is 12.9. The van der Waals surface area contributed by atoms with Crippen molar-refractivity contribution < 1.29 is 9.59 Å². The zero-order valence-electron chi connectivity index (χ0n) is 16.7. The highest BCUT2D eigenvalue weighted by atomic mass is 16.2. The number of anilines is 1. The van der Waals surface area contributed by atoms with Gasteiger partial charge in [-0.15, -0.1) is 0 Å². The molecule has 3 aromatic carbocycles. The number of rotatable bonds is 7. The molecule has 0 aliphatic carbocycles. The maximum absolute atomic E-state index is 12.9. The number of carbonyl (C=O) groups excluding carboxylic acids is 2. The maximum Gasteiger partial charge on any atom is 0.256 e. The fourth-order valence-corrected chi connectivity index (χ4v) is 2.98. The average Bonchev–Trinajstić information content (AvgIpc) is 2.74. The van der Waals surface area contributed by atoms with Crippen LogP contribution in [0.4, 0.5) is 5.69 Å². The molecule has 2 amide bonds. The van der Waals surface area contributed by atoms with E-state index in [1.165, 1.54) is 0 Å². The number of likely N-dealkylation sites (N-methyl/N-ethyl adjacent to an activating group) is 1. The molecule has 0 unspecified atom stereocenters. The molecule has 0 radical (unpaired) electrons. The van der Waals surface area contributed by atoms with Gasteiger partial charge in [-0.2, -0.15) is 0 Å². The molecule has 0 aliphatic rings. The molecule has 2 N–H and O–H groups in total. The van der Waals surface area contributed by atoms with Crippen molar-refractivity contribution in [3.8, 4) is 11.1 Å². The van der Waals surface area contributed by atoms with Crippen molar-refractivity contribution in [2.24, 2.45) is 0 Å². The van der Waals surface area contributed by atoms with Gasteiger partial charge in [0.05, 0.1) is 0 Å². The van der Waals surface area contributed by atoms with E-state index in [1.807, 2.05) is 67.5 Å². The van der Waals surface area contributed by atoms with Crippen molar-refractivity contribution in [1.29, 1.82) is 0 Å². The molecule has 0 bridgehead atoms. The Bertz CT molecular complexity index is 984. The summed E-state index contributed by atoms with van der Waals surface area (Å²) in [6, 6.07) is 24.2. The molecule has 0 atom stereocenters. The van der Waals surface area contributed by atoms with E-state index >= 15 is 0 Å². The summed E-state index contributed by atoms with van der Waals surface area (Å²) in [7, 11) is 3.91. The normalized spacial score (nSPS) is 10.6. The molecule has 0 aromatic heterocycles. The summed E-state index contributed by atoms with van der Waals surface area (Å²) >= 11 is 0. The third kappa shape index (κ3) is 5.53. The van der Waals surface area contributed by atoms with Crippen molar-refractivity contribution >= 4 is 17.5 Å². The van der Waals surface area contributed by atoms with Crippen LogP contribution in [0.5, 0.6) is 0 Å². The molecule has 5 nitrogen and oxygen atoms in total. The molecule has 5 heteroatoms. The van der Waals surface area contributed by atoms with Gasteiger partial charge in [0.25, 0.3) is 11.8 Å². The van der Waals surface area contributed by atoms with Crippen LogP contribution >= 0.6 is 0 Å². The van der Waals surface area contributed by atoms with E-state index in [-0.39, 0.29) is 11.8 Å². The van der Waals surface area contributed by atoms with E-state index in [4.69, 9.17) is 0 Å². The molecular weight excluding hydrogens is 362 g/mol. The van der Waals surface area contributed by atoms with Gasteiger partial charge in [0.2, 0.25) is 0 Å². The largest absolute Gasteiger partial charge is 0.351 e. The van der Waals surface area contributed by atoms with E-state index in [0.29, 0.717) is 23.4 Å². The van der Waals surface area contributed by atoms with Gasteiger partial charge in [0.15, 0.2) is 0 Å². The topological polar surface area (TPSA) is 61.4 Å². The quantitative estimate of drug-likeness (QED) is 0.646. The molecule has 0 heterocycles. The van der Waals surface area contributed by atoms with Gasteiger partial charge in [-0.1, -0.05) is 54.6 Å². The summed E-state index contributed by atoms with van der Waals surface area (Å²) < 4.78 is 0. The number of benzene rings is 3. The SMILES string of the molecule is CN(C)CCNC(=O)c1cccc(NC(=O)c2ccccc2-c2ccccc2)c1. The van der Waals surface area contributed by atoms with E-state index in [9.17, 15) is 9.59 Å². The smallest absolute Gasteiger partial charge is 0.256 e. The first-order valence-electron chi connectivity index (χ1n) is 9.53. The average molecular weight is 387 g/mol. The standard InChI is InChI=1S/C24H25N3O2/c1-27(2)16-15-25-23(28)19-11-8-12-20(17-19)26-24(29)22-14-7-6-13-21(22)18-9-4-3-5-10-18/h3-14,17H,15-16H2,1-2H3,(H,25,28)(H,26,29). The Labute approximate surface area is 171 Å². The third-order valence-corrected chi connectivity index (χ3v) is 4.48. The van der Waals surface area contributed by atoms with Crippen LogP contribution in [0.1, 0.15) is 20.7 Å². The Balaban J connectivity index is 1.75. The molecule has 0 saturated heterocycles. The predicted molar refractivity (Wildman–Crippen MR) is 117 cm³/mol. The molecular formula is C24H25N3O2. The van der Waals surface area contributed by atoms with Crippen molar-refractivity contribution in [3.63, 3.8) is 0 Å². The Morgan fingerprint density at radius 2 is 1.55 bits per heavy atom. The molecule has 3 rings (SSSR count). The van der Waals surface area contributed by atoms with Crippen LogP contribution in [0.2, 0.25) is 0 Å². The lowest BCUT2D eigenvalue weighted by molar-refractivity contribution is 0.0949. The van der Waals surface area contributed by atoms with Crippen LogP contribution in [0.3, 0.4) is 0 Å². The van der Waals surface area contributed by atoms with Gasteiger partial charge in [0, 0.05) is 29.9 Å². The Kier molecular flexibility index (Phi) is 6.76. The zero-order chi connectivity index (χ0) is 20.6. The highest BCUT2D eigenvalue weighted by Gasteiger charge is 2.13. The summed E-state index contributed by atoms with van der Waals surface area (Å²) in [5.41, 5.74) is 3.52. The van der Waals surface area contributed by atoms with E-state index in [2.05, 4.69) is 10.6 Å². The molecule has 0 saturated carbocycles. The van der Waals surface area contributed by atoms with E-state index < -0.39 is 0 Å². The fourth-order valence-electron chi connectivity index (χ4n) is 2.98. The summed E-state index contributed by atoms with van der Waals surface area (Å²) in [4.78, 5) is 27.3. The minimum absolute atomic E-state index is 0.160. The molecule has 148 valence electrons. The Hall–Kier alpha value is -3.44. The number of hydrogen-bond donors (Lipinski definition) is 2. The first-order valence-corrected chi connectivity index (χ1v) is 9.53. The number of hydrogen-bond acceptors (Lipinski definition) is 3. The lowest BCUT2D eigenvalue weighted by Crippen LogP contribution is -2.31. The second-order valence-corrected chi connectivity index (χ2v) is 7.01. The zero-order valence-corrected chi connectivity index (χ0v) is 16.7. The summed E-state index contributed by atoms with van der Waals surface area (Å²) in [5, 5.41) is 5.79. The number of amides is 2. The van der Waals surface area contributed by atoms with Gasteiger partial charge in [0.1, 0.15) is 0 Å². The molecule has 29 heavy (non-hydrogen) atoms. The van der Waals surface area contributed by atoms with E-state index in [0.717, 1.165) is 17.7 Å². The van der Waals surface area contributed by atoms with Crippen molar-refractivity contribution in [3.05, 3.63) is 90.0 Å². The second kappa shape index (κ2) is 9.66. The third-order valence-electron chi connectivity index (χ3n) is 4.48. The van der Waals surface area contributed by atoms with Gasteiger partial charge < -0.3 is 15.5 Å². The fraction of sp³-hybridized carbons (Fsp3) is 0.167. The van der Waals surface area contributed by atoms with E-state index in [1.54, 1.807) is 30.3 Å². The monoisotopic (exact) mass is 387 g/mol. The predicted octanol–water partition coefficient (Wildman–Crippen LogP) is 3.90. The van der Waals surface area contributed by atoms with Gasteiger partial charge in [-0.25, -0.2) is 0 Å².